The van der Waals surface area contributed by atoms with Crippen molar-refractivity contribution in [3.05, 3.63) is 53.6 Å². The highest BCUT2D eigenvalue weighted by molar-refractivity contribution is 7.98. The van der Waals surface area contributed by atoms with E-state index in [1.54, 1.807) is 23.9 Å². The number of morpholine rings is 1. The van der Waals surface area contributed by atoms with Gasteiger partial charge in [-0.15, -0.1) is 0 Å². The Bertz CT molecular complexity index is 968. The molecule has 0 aliphatic carbocycles. The van der Waals surface area contributed by atoms with Crippen LogP contribution in [0, 0.1) is 0 Å². The first-order chi connectivity index (χ1) is 14.2. The number of benzene rings is 2. The SMILES string of the molecule is O=C(O)c1ccc(CSc2nc3ccc(OCCN4CCOCC4)cc3[nH]2)cc1. The van der Waals surface area contributed by atoms with Gasteiger partial charge < -0.3 is 19.6 Å². The molecule has 8 heteroatoms. The number of carboxylic acids is 1. The van der Waals surface area contributed by atoms with E-state index in [9.17, 15) is 4.79 Å². The summed E-state index contributed by atoms with van der Waals surface area (Å²) < 4.78 is 11.3. The van der Waals surface area contributed by atoms with Crippen LogP contribution in [-0.4, -0.2) is 65.4 Å². The van der Waals surface area contributed by atoms with Crippen molar-refractivity contribution in [2.45, 2.75) is 10.9 Å². The van der Waals surface area contributed by atoms with Crippen LogP contribution < -0.4 is 4.74 Å². The lowest BCUT2D eigenvalue weighted by Crippen LogP contribution is -2.38. The smallest absolute Gasteiger partial charge is 0.335 e. The summed E-state index contributed by atoms with van der Waals surface area (Å²) in [5, 5.41) is 9.80. The van der Waals surface area contributed by atoms with Gasteiger partial charge in [0.1, 0.15) is 12.4 Å². The number of hydrogen-bond donors (Lipinski definition) is 2. The molecule has 0 bridgehead atoms. The Morgan fingerprint density at radius 2 is 2.00 bits per heavy atom. The zero-order valence-corrected chi connectivity index (χ0v) is 16.8. The summed E-state index contributed by atoms with van der Waals surface area (Å²) in [6.45, 7) is 5.05. The Labute approximate surface area is 173 Å². The van der Waals surface area contributed by atoms with Gasteiger partial charge in [0.05, 0.1) is 29.8 Å². The molecule has 2 heterocycles. The number of rotatable bonds is 8. The van der Waals surface area contributed by atoms with Crippen LogP contribution in [0.1, 0.15) is 15.9 Å². The number of H-pyrrole nitrogens is 1. The zero-order valence-electron chi connectivity index (χ0n) is 16.0. The lowest BCUT2D eigenvalue weighted by atomic mass is 10.1. The fourth-order valence-electron chi connectivity index (χ4n) is 3.14. The van der Waals surface area contributed by atoms with Gasteiger partial charge in [0, 0.05) is 31.5 Å². The van der Waals surface area contributed by atoms with E-state index in [2.05, 4.69) is 14.9 Å². The fourth-order valence-corrected chi connectivity index (χ4v) is 3.98. The molecule has 0 radical (unpaired) electrons. The van der Waals surface area contributed by atoms with Gasteiger partial charge in [-0.05, 0) is 29.8 Å². The van der Waals surface area contributed by atoms with Gasteiger partial charge in [0.25, 0.3) is 0 Å². The third-order valence-corrected chi connectivity index (χ3v) is 5.73. The van der Waals surface area contributed by atoms with E-state index < -0.39 is 5.97 Å². The number of fused-ring (bicyclic) bond motifs is 1. The van der Waals surface area contributed by atoms with Crippen LogP contribution in [0.5, 0.6) is 5.75 Å². The lowest BCUT2D eigenvalue weighted by Gasteiger charge is -2.26. The number of nitrogens with one attached hydrogen (secondary N) is 1. The summed E-state index contributed by atoms with van der Waals surface area (Å²) in [4.78, 5) is 21.2. The van der Waals surface area contributed by atoms with Crippen LogP contribution >= 0.6 is 11.8 Å². The summed E-state index contributed by atoms with van der Waals surface area (Å²) in [6.07, 6.45) is 0. The van der Waals surface area contributed by atoms with Crippen molar-refractivity contribution < 1.29 is 19.4 Å². The quantitative estimate of drug-likeness (QED) is 0.548. The molecule has 0 saturated carbocycles. The highest BCUT2D eigenvalue weighted by Gasteiger charge is 2.10. The Kier molecular flexibility index (Phi) is 6.33. The number of imidazole rings is 1. The zero-order chi connectivity index (χ0) is 20.1. The van der Waals surface area contributed by atoms with Gasteiger partial charge in [-0.3, -0.25) is 4.90 Å². The maximum absolute atomic E-state index is 10.9. The Morgan fingerprint density at radius 1 is 1.21 bits per heavy atom. The number of aromatic amines is 1. The van der Waals surface area contributed by atoms with Crippen LogP contribution in [0.3, 0.4) is 0 Å². The molecule has 0 amide bonds. The van der Waals surface area contributed by atoms with E-state index in [1.165, 1.54) is 0 Å². The molecule has 1 fully saturated rings. The van der Waals surface area contributed by atoms with E-state index in [1.807, 2.05) is 30.3 Å². The average molecular weight is 413 g/mol. The van der Waals surface area contributed by atoms with Gasteiger partial charge in [-0.2, -0.15) is 0 Å². The number of thioether (sulfide) groups is 1. The molecular formula is C21H23N3O4S. The molecule has 152 valence electrons. The maximum atomic E-state index is 10.9. The molecule has 1 aliphatic heterocycles. The Balaban J connectivity index is 1.32. The van der Waals surface area contributed by atoms with Gasteiger partial charge in [0.15, 0.2) is 5.16 Å². The van der Waals surface area contributed by atoms with Crippen molar-refractivity contribution in [2.24, 2.45) is 0 Å². The van der Waals surface area contributed by atoms with Crippen LogP contribution in [0.2, 0.25) is 0 Å². The molecular weight excluding hydrogens is 390 g/mol. The molecule has 2 N–H and O–H groups in total. The van der Waals surface area contributed by atoms with Crippen LogP contribution in [0.4, 0.5) is 0 Å². The number of aromatic nitrogens is 2. The monoisotopic (exact) mass is 413 g/mol. The highest BCUT2D eigenvalue weighted by atomic mass is 32.2. The number of nitrogens with zero attached hydrogens (tertiary/aromatic N) is 2. The normalized spacial score (nSPS) is 14.9. The second kappa shape index (κ2) is 9.30. The van der Waals surface area contributed by atoms with Gasteiger partial charge in [-0.1, -0.05) is 23.9 Å². The lowest BCUT2D eigenvalue weighted by molar-refractivity contribution is 0.0322. The Morgan fingerprint density at radius 3 is 2.76 bits per heavy atom. The molecule has 1 aromatic heterocycles. The van der Waals surface area contributed by atoms with Crippen molar-refractivity contribution in [1.29, 1.82) is 0 Å². The molecule has 29 heavy (non-hydrogen) atoms. The topological polar surface area (TPSA) is 87.7 Å². The first-order valence-corrected chi connectivity index (χ1v) is 10.5. The molecule has 0 unspecified atom stereocenters. The van der Waals surface area contributed by atoms with Crippen molar-refractivity contribution >= 4 is 28.8 Å². The van der Waals surface area contributed by atoms with Gasteiger partial charge in [0.2, 0.25) is 0 Å². The molecule has 1 saturated heterocycles. The molecule has 2 aromatic carbocycles. The number of carboxylic acid groups (broad SMARTS) is 1. The largest absolute Gasteiger partial charge is 0.492 e. The highest BCUT2D eigenvalue weighted by Crippen LogP contribution is 2.25. The van der Waals surface area contributed by atoms with Crippen molar-refractivity contribution in [1.82, 2.24) is 14.9 Å². The molecule has 4 rings (SSSR count). The first kappa shape index (κ1) is 19.8. The molecule has 1 aliphatic rings. The minimum absolute atomic E-state index is 0.295. The van der Waals surface area contributed by atoms with E-state index in [0.29, 0.717) is 17.9 Å². The Hall–Kier alpha value is -2.55. The standard InChI is InChI=1S/C21H23N3O4S/c25-20(26)16-3-1-15(2-4-16)14-29-21-22-18-6-5-17(13-19(18)23-21)28-12-9-24-7-10-27-11-8-24/h1-6,13H,7-12,14H2,(H,22,23)(H,25,26). The maximum Gasteiger partial charge on any atom is 0.335 e. The van der Waals surface area contributed by atoms with Crippen molar-refractivity contribution in [3.63, 3.8) is 0 Å². The molecule has 3 aromatic rings. The summed E-state index contributed by atoms with van der Waals surface area (Å²) in [7, 11) is 0. The predicted octanol–water partition coefficient (Wildman–Crippen LogP) is 3.26. The third kappa shape index (κ3) is 5.29. The minimum Gasteiger partial charge on any atom is -0.492 e. The van der Waals surface area contributed by atoms with E-state index in [4.69, 9.17) is 14.6 Å². The molecule has 7 nitrogen and oxygen atoms in total. The van der Waals surface area contributed by atoms with E-state index in [-0.39, 0.29) is 0 Å². The van der Waals surface area contributed by atoms with Crippen LogP contribution in [0.25, 0.3) is 11.0 Å². The summed E-state index contributed by atoms with van der Waals surface area (Å²) in [5.74, 6) is 0.627. The predicted molar refractivity (Wildman–Crippen MR) is 112 cm³/mol. The van der Waals surface area contributed by atoms with Gasteiger partial charge in [-0.25, -0.2) is 9.78 Å². The van der Waals surface area contributed by atoms with Crippen LogP contribution in [0.15, 0.2) is 47.6 Å². The third-order valence-electron chi connectivity index (χ3n) is 4.79. The van der Waals surface area contributed by atoms with E-state index in [0.717, 1.165) is 60.4 Å². The number of hydrogen-bond acceptors (Lipinski definition) is 6. The first-order valence-electron chi connectivity index (χ1n) is 9.55. The summed E-state index contributed by atoms with van der Waals surface area (Å²) >= 11 is 1.58. The van der Waals surface area contributed by atoms with Crippen molar-refractivity contribution in [2.75, 3.05) is 39.5 Å². The van der Waals surface area contributed by atoms with Gasteiger partial charge >= 0.3 is 5.97 Å². The molecule has 0 spiro atoms. The van der Waals surface area contributed by atoms with Crippen LogP contribution in [-0.2, 0) is 10.5 Å². The number of aromatic carboxylic acids is 1. The second-order valence-electron chi connectivity index (χ2n) is 6.81. The fraction of sp³-hybridized carbons (Fsp3) is 0.333. The summed E-state index contributed by atoms with van der Waals surface area (Å²) in [5.41, 5.74) is 3.18. The minimum atomic E-state index is -0.913. The molecule has 0 atom stereocenters. The number of carbonyl (C=O) groups is 1. The van der Waals surface area contributed by atoms with E-state index >= 15 is 0 Å². The second-order valence-corrected chi connectivity index (χ2v) is 7.78. The number of ether oxygens (including phenoxy) is 2. The summed E-state index contributed by atoms with van der Waals surface area (Å²) in [6, 6.07) is 12.8. The van der Waals surface area contributed by atoms with Crippen molar-refractivity contribution in [3.8, 4) is 5.75 Å². The average Bonchev–Trinajstić information content (AvgIpc) is 3.15.